The van der Waals surface area contributed by atoms with Crippen LogP contribution in [0.15, 0.2) is 29.4 Å². The van der Waals surface area contributed by atoms with Crippen LogP contribution in [0.5, 0.6) is 0 Å². The van der Waals surface area contributed by atoms with Gasteiger partial charge in [-0.25, -0.2) is 0 Å². The van der Waals surface area contributed by atoms with Crippen LogP contribution in [-0.4, -0.2) is 37.2 Å². The van der Waals surface area contributed by atoms with Crippen molar-refractivity contribution in [1.82, 2.24) is 0 Å². The summed E-state index contributed by atoms with van der Waals surface area (Å²) in [6.45, 7) is 5.24. The number of benzene rings is 1. The highest BCUT2D eigenvalue weighted by Gasteiger charge is 2.10. The zero-order valence-corrected chi connectivity index (χ0v) is 9.39. The van der Waals surface area contributed by atoms with E-state index in [-0.39, 0.29) is 0 Å². The SMILES string of the molecule is C/C(=N\O)c1ccc(N2CCOCC2)cc1. The van der Waals surface area contributed by atoms with Crippen molar-refractivity contribution in [2.75, 3.05) is 31.2 Å². The van der Waals surface area contributed by atoms with Crippen LogP contribution in [0.2, 0.25) is 0 Å². The molecule has 2 rings (SSSR count). The fourth-order valence-corrected chi connectivity index (χ4v) is 1.79. The molecule has 0 unspecified atom stereocenters. The number of hydrogen-bond donors (Lipinski definition) is 1. The molecule has 0 radical (unpaired) electrons. The van der Waals surface area contributed by atoms with Crippen LogP contribution >= 0.6 is 0 Å². The molecule has 1 heterocycles. The van der Waals surface area contributed by atoms with Crippen LogP contribution in [-0.2, 0) is 4.74 Å². The van der Waals surface area contributed by atoms with Gasteiger partial charge in [-0.15, -0.1) is 0 Å². The Hall–Kier alpha value is -1.55. The summed E-state index contributed by atoms with van der Waals surface area (Å²) < 4.78 is 5.31. The largest absolute Gasteiger partial charge is 0.411 e. The maximum absolute atomic E-state index is 8.67. The van der Waals surface area contributed by atoms with Crippen molar-refractivity contribution in [2.24, 2.45) is 5.16 Å². The van der Waals surface area contributed by atoms with Crippen molar-refractivity contribution >= 4 is 11.4 Å². The van der Waals surface area contributed by atoms with Gasteiger partial charge in [0.05, 0.1) is 18.9 Å². The predicted octanol–water partition coefficient (Wildman–Crippen LogP) is 1.72. The Kier molecular flexibility index (Phi) is 3.41. The molecule has 0 amide bonds. The van der Waals surface area contributed by atoms with Crippen molar-refractivity contribution < 1.29 is 9.94 Å². The smallest absolute Gasteiger partial charge is 0.0836 e. The van der Waals surface area contributed by atoms with E-state index in [9.17, 15) is 0 Å². The third kappa shape index (κ3) is 2.33. The first kappa shape index (κ1) is 11.0. The van der Waals surface area contributed by atoms with Crippen molar-refractivity contribution in [2.45, 2.75) is 6.92 Å². The molecule has 0 aliphatic carbocycles. The molecule has 1 aromatic rings. The zero-order valence-electron chi connectivity index (χ0n) is 9.39. The standard InChI is InChI=1S/C12H16N2O2/c1-10(13-15)11-2-4-12(5-3-11)14-6-8-16-9-7-14/h2-5,15H,6-9H2,1H3/b13-10+. The summed E-state index contributed by atoms with van der Waals surface area (Å²) in [4.78, 5) is 2.29. The summed E-state index contributed by atoms with van der Waals surface area (Å²) >= 11 is 0. The number of morpholine rings is 1. The Morgan fingerprint density at radius 3 is 2.44 bits per heavy atom. The number of hydrogen-bond acceptors (Lipinski definition) is 4. The zero-order chi connectivity index (χ0) is 11.4. The molecule has 16 heavy (non-hydrogen) atoms. The quantitative estimate of drug-likeness (QED) is 0.469. The summed E-state index contributed by atoms with van der Waals surface area (Å²) in [5.41, 5.74) is 2.77. The van der Waals surface area contributed by atoms with E-state index in [1.165, 1.54) is 5.69 Å². The normalized spacial score (nSPS) is 17.6. The molecule has 0 spiro atoms. The molecule has 1 aliphatic heterocycles. The van der Waals surface area contributed by atoms with Crippen LogP contribution in [0.1, 0.15) is 12.5 Å². The van der Waals surface area contributed by atoms with E-state index < -0.39 is 0 Å². The molecular formula is C12H16N2O2. The first-order valence-electron chi connectivity index (χ1n) is 5.43. The molecule has 4 heteroatoms. The minimum absolute atomic E-state index is 0.633. The fourth-order valence-electron chi connectivity index (χ4n) is 1.79. The van der Waals surface area contributed by atoms with Crippen LogP contribution < -0.4 is 4.90 Å². The highest BCUT2D eigenvalue weighted by Crippen LogP contribution is 2.16. The molecule has 1 aromatic carbocycles. The van der Waals surface area contributed by atoms with Crippen molar-refractivity contribution in [3.63, 3.8) is 0 Å². The highest BCUT2D eigenvalue weighted by molar-refractivity contribution is 5.98. The van der Waals surface area contributed by atoms with Crippen molar-refractivity contribution in [1.29, 1.82) is 0 Å². The van der Waals surface area contributed by atoms with Gasteiger partial charge < -0.3 is 14.8 Å². The molecule has 0 saturated carbocycles. The second-order valence-electron chi connectivity index (χ2n) is 3.83. The minimum atomic E-state index is 0.633. The lowest BCUT2D eigenvalue weighted by atomic mass is 10.1. The van der Waals surface area contributed by atoms with Gasteiger partial charge in [0, 0.05) is 18.8 Å². The monoisotopic (exact) mass is 220 g/mol. The summed E-state index contributed by atoms with van der Waals surface area (Å²) in [5, 5.41) is 11.9. The summed E-state index contributed by atoms with van der Waals surface area (Å²) in [6.07, 6.45) is 0. The Bertz CT molecular complexity index is 367. The fraction of sp³-hybridized carbons (Fsp3) is 0.417. The second kappa shape index (κ2) is 4.99. The lowest BCUT2D eigenvalue weighted by molar-refractivity contribution is 0.122. The summed E-state index contributed by atoms with van der Waals surface area (Å²) in [6, 6.07) is 8.05. The number of nitrogens with zero attached hydrogens (tertiary/aromatic N) is 2. The summed E-state index contributed by atoms with van der Waals surface area (Å²) in [7, 11) is 0. The average molecular weight is 220 g/mol. The van der Waals surface area contributed by atoms with Gasteiger partial charge in [0.2, 0.25) is 0 Å². The van der Waals surface area contributed by atoms with Gasteiger partial charge >= 0.3 is 0 Å². The van der Waals surface area contributed by atoms with E-state index >= 15 is 0 Å². The predicted molar refractivity (Wildman–Crippen MR) is 63.5 cm³/mol. The van der Waals surface area contributed by atoms with Crippen molar-refractivity contribution in [3.8, 4) is 0 Å². The average Bonchev–Trinajstić information content (AvgIpc) is 2.39. The van der Waals surface area contributed by atoms with Crippen LogP contribution in [0, 0.1) is 0 Å². The number of ether oxygens (including phenoxy) is 1. The molecule has 0 bridgehead atoms. The molecule has 0 atom stereocenters. The van der Waals surface area contributed by atoms with Gasteiger partial charge in [-0.1, -0.05) is 17.3 Å². The van der Waals surface area contributed by atoms with Gasteiger partial charge in [-0.2, -0.15) is 0 Å². The molecule has 4 nitrogen and oxygen atoms in total. The van der Waals surface area contributed by atoms with E-state index in [1.54, 1.807) is 6.92 Å². The number of rotatable bonds is 2. The van der Waals surface area contributed by atoms with Crippen LogP contribution in [0.4, 0.5) is 5.69 Å². The van der Waals surface area contributed by atoms with Gasteiger partial charge in [0.1, 0.15) is 0 Å². The maximum atomic E-state index is 8.67. The minimum Gasteiger partial charge on any atom is -0.411 e. The van der Waals surface area contributed by atoms with E-state index in [1.807, 2.05) is 12.1 Å². The lowest BCUT2D eigenvalue weighted by Crippen LogP contribution is -2.36. The van der Waals surface area contributed by atoms with Crippen molar-refractivity contribution in [3.05, 3.63) is 29.8 Å². The molecule has 1 fully saturated rings. The Labute approximate surface area is 95.1 Å². The first-order chi connectivity index (χ1) is 7.81. The van der Waals surface area contributed by atoms with Gasteiger partial charge in [-0.05, 0) is 24.6 Å². The molecule has 1 N–H and O–H groups in total. The van der Waals surface area contributed by atoms with Gasteiger partial charge in [-0.3, -0.25) is 0 Å². The number of oxime groups is 1. The molecule has 0 aromatic heterocycles. The third-order valence-electron chi connectivity index (χ3n) is 2.81. The molecule has 86 valence electrons. The van der Waals surface area contributed by atoms with Gasteiger partial charge in [0.15, 0.2) is 0 Å². The second-order valence-corrected chi connectivity index (χ2v) is 3.83. The van der Waals surface area contributed by atoms with Crippen LogP contribution in [0.25, 0.3) is 0 Å². The Morgan fingerprint density at radius 2 is 1.88 bits per heavy atom. The maximum Gasteiger partial charge on any atom is 0.0836 e. The Morgan fingerprint density at radius 1 is 1.25 bits per heavy atom. The highest BCUT2D eigenvalue weighted by atomic mass is 16.5. The third-order valence-corrected chi connectivity index (χ3v) is 2.81. The lowest BCUT2D eigenvalue weighted by Gasteiger charge is -2.28. The molecular weight excluding hydrogens is 204 g/mol. The summed E-state index contributed by atoms with van der Waals surface area (Å²) in [5.74, 6) is 0. The van der Waals surface area contributed by atoms with Gasteiger partial charge in [0.25, 0.3) is 0 Å². The number of anilines is 1. The Balaban J connectivity index is 2.12. The van der Waals surface area contributed by atoms with E-state index in [0.717, 1.165) is 31.9 Å². The topological polar surface area (TPSA) is 45.1 Å². The van der Waals surface area contributed by atoms with Crippen LogP contribution in [0.3, 0.4) is 0 Å². The van der Waals surface area contributed by atoms with E-state index in [2.05, 4.69) is 22.2 Å². The first-order valence-corrected chi connectivity index (χ1v) is 5.43. The van der Waals surface area contributed by atoms with E-state index in [4.69, 9.17) is 9.94 Å². The molecule has 1 aliphatic rings. The van der Waals surface area contributed by atoms with E-state index in [0.29, 0.717) is 5.71 Å². The molecule has 1 saturated heterocycles.